The summed E-state index contributed by atoms with van der Waals surface area (Å²) in [7, 11) is 0. The van der Waals surface area contributed by atoms with Crippen molar-refractivity contribution in [1.82, 2.24) is 4.90 Å². The van der Waals surface area contributed by atoms with Crippen LogP contribution < -0.4 is 0 Å². The lowest BCUT2D eigenvalue weighted by molar-refractivity contribution is -0.127. The molecular formula is C7H10N2O. The molecule has 1 aliphatic heterocycles. The van der Waals surface area contributed by atoms with Gasteiger partial charge in [-0.05, 0) is 6.42 Å². The summed E-state index contributed by atoms with van der Waals surface area (Å²) in [6.07, 6.45) is 2.10. The summed E-state index contributed by atoms with van der Waals surface area (Å²) in [5.74, 6) is 0.204. The molecular weight excluding hydrogens is 128 g/mol. The van der Waals surface area contributed by atoms with Crippen molar-refractivity contribution in [2.45, 2.75) is 19.3 Å². The lowest BCUT2D eigenvalue weighted by Crippen LogP contribution is -2.25. The Morgan fingerprint density at radius 2 is 2.50 bits per heavy atom. The lowest BCUT2D eigenvalue weighted by atomic mass is 10.4. The first-order chi connectivity index (χ1) is 4.84. The zero-order chi connectivity index (χ0) is 7.40. The molecule has 0 saturated carbocycles. The van der Waals surface area contributed by atoms with Crippen LogP contribution in [0.5, 0.6) is 0 Å². The maximum atomic E-state index is 10.9. The first kappa shape index (κ1) is 7.07. The van der Waals surface area contributed by atoms with Crippen molar-refractivity contribution in [3.8, 4) is 6.07 Å². The lowest BCUT2D eigenvalue weighted by Gasteiger charge is -2.11. The number of rotatable bonds is 2. The summed E-state index contributed by atoms with van der Waals surface area (Å²) in [6, 6.07) is 2.02. The molecule has 1 saturated heterocycles. The van der Waals surface area contributed by atoms with E-state index in [9.17, 15) is 4.79 Å². The highest BCUT2D eigenvalue weighted by Crippen LogP contribution is 2.08. The molecule has 3 heteroatoms. The normalized spacial score (nSPS) is 17.5. The molecule has 0 N–H and O–H groups in total. The van der Waals surface area contributed by atoms with Crippen LogP contribution in [-0.4, -0.2) is 23.9 Å². The highest BCUT2D eigenvalue weighted by Gasteiger charge is 2.18. The van der Waals surface area contributed by atoms with Gasteiger partial charge in [0.1, 0.15) is 0 Å². The van der Waals surface area contributed by atoms with E-state index in [1.165, 1.54) is 0 Å². The third-order valence-corrected chi connectivity index (χ3v) is 1.66. The average molecular weight is 138 g/mol. The van der Waals surface area contributed by atoms with E-state index in [2.05, 4.69) is 0 Å². The highest BCUT2D eigenvalue weighted by atomic mass is 16.2. The van der Waals surface area contributed by atoms with E-state index in [1.807, 2.05) is 6.07 Å². The molecule has 0 aromatic heterocycles. The summed E-state index contributed by atoms with van der Waals surface area (Å²) < 4.78 is 0. The van der Waals surface area contributed by atoms with Crippen LogP contribution in [0.15, 0.2) is 0 Å². The molecule has 0 radical (unpaired) electrons. The smallest absolute Gasteiger partial charge is 0.222 e. The summed E-state index contributed by atoms with van der Waals surface area (Å²) in [4.78, 5) is 12.6. The fourth-order valence-corrected chi connectivity index (χ4v) is 1.13. The van der Waals surface area contributed by atoms with Crippen molar-refractivity contribution in [3.05, 3.63) is 0 Å². The molecule has 0 unspecified atom stereocenters. The van der Waals surface area contributed by atoms with Crippen LogP contribution in [0.1, 0.15) is 19.3 Å². The van der Waals surface area contributed by atoms with Gasteiger partial charge in [0.15, 0.2) is 0 Å². The zero-order valence-corrected chi connectivity index (χ0v) is 5.84. The van der Waals surface area contributed by atoms with Crippen molar-refractivity contribution >= 4 is 5.91 Å². The number of carbonyl (C=O) groups excluding carboxylic acids is 1. The van der Waals surface area contributed by atoms with Crippen molar-refractivity contribution in [3.63, 3.8) is 0 Å². The molecule has 10 heavy (non-hydrogen) atoms. The summed E-state index contributed by atoms with van der Waals surface area (Å²) in [6.45, 7) is 1.47. The minimum absolute atomic E-state index is 0.204. The predicted molar refractivity (Wildman–Crippen MR) is 36.0 cm³/mol. The van der Waals surface area contributed by atoms with Gasteiger partial charge in [-0.25, -0.2) is 0 Å². The van der Waals surface area contributed by atoms with E-state index in [0.717, 1.165) is 13.0 Å². The van der Waals surface area contributed by atoms with Crippen LogP contribution in [0, 0.1) is 11.3 Å². The minimum Gasteiger partial charge on any atom is -0.342 e. The zero-order valence-electron chi connectivity index (χ0n) is 5.84. The third kappa shape index (κ3) is 1.47. The van der Waals surface area contributed by atoms with Crippen molar-refractivity contribution in [2.75, 3.05) is 13.1 Å². The maximum absolute atomic E-state index is 10.9. The molecule has 3 nitrogen and oxygen atoms in total. The fraction of sp³-hybridized carbons (Fsp3) is 0.714. The summed E-state index contributed by atoms with van der Waals surface area (Å²) in [5.41, 5.74) is 0. The Balaban J connectivity index is 2.28. The monoisotopic (exact) mass is 138 g/mol. The van der Waals surface area contributed by atoms with Crippen molar-refractivity contribution < 1.29 is 4.79 Å². The number of nitrogens with zero attached hydrogens (tertiary/aromatic N) is 2. The predicted octanol–water partition coefficient (Wildman–Crippen LogP) is 0.522. The number of amides is 1. The van der Waals surface area contributed by atoms with E-state index >= 15 is 0 Å². The maximum Gasteiger partial charge on any atom is 0.222 e. The first-order valence-electron chi connectivity index (χ1n) is 3.49. The van der Waals surface area contributed by atoms with Gasteiger partial charge in [0.2, 0.25) is 5.91 Å². The molecule has 1 rings (SSSR count). The number of nitriles is 1. The Morgan fingerprint density at radius 3 is 3.00 bits per heavy atom. The molecule has 1 aliphatic rings. The van der Waals surface area contributed by atoms with E-state index in [-0.39, 0.29) is 5.91 Å². The number of hydrogen-bond acceptors (Lipinski definition) is 2. The molecule has 0 spiro atoms. The average Bonchev–Trinajstić information content (AvgIpc) is 2.31. The summed E-state index contributed by atoms with van der Waals surface area (Å²) in [5, 5.41) is 8.22. The van der Waals surface area contributed by atoms with E-state index in [0.29, 0.717) is 19.4 Å². The second kappa shape index (κ2) is 3.21. The first-order valence-corrected chi connectivity index (χ1v) is 3.49. The van der Waals surface area contributed by atoms with Crippen molar-refractivity contribution in [2.24, 2.45) is 0 Å². The van der Waals surface area contributed by atoms with Crippen LogP contribution in [0.4, 0.5) is 0 Å². The number of carbonyl (C=O) groups is 1. The Morgan fingerprint density at radius 1 is 1.70 bits per heavy atom. The largest absolute Gasteiger partial charge is 0.342 e. The van der Waals surface area contributed by atoms with Gasteiger partial charge in [-0.2, -0.15) is 5.26 Å². The molecule has 0 aromatic carbocycles. The molecule has 54 valence electrons. The quantitative estimate of drug-likeness (QED) is 0.558. The van der Waals surface area contributed by atoms with Crippen LogP contribution in [-0.2, 0) is 4.79 Å². The molecule has 1 heterocycles. The Kier molecular flexibility index (Phi) is 2.27. The van der Waals surface area contributed by atoms with Gasteiger partial charge in [-0.1, -0.05) is 0 Å². The van der Waals surface area contributed by atoms with E-state index in [1.54, 1.807) is 4.90 Å². The number of hydrogen-bond donors (Lipinski definition) is 0. The standard InChI is InChI=1S/C7H10N2O/c8-4-2-6-9-5-1-3-7(9)10/h1-3,5-6H2. The second-order valence-electron chi connectivity index (χ2n) is 2.39. The van der Waals surface area contributed by atoms with Crippen LogP contribution in [0.25, 0.3) is 0 Å². The second-order valence-corrected chi connectivity index (χ2v) is 2.39. The molecule has 0 aliphatic carbocycles. The molecule has 1 fully saturated rings. The molecule has 0 bridgehead atoms. The number of likely N-dealkylation sites (tertiary alicyclic amines) is 1. The van der Waals surface area contributed by atoms with Gasteiger partial charge >= 0.3 is 0 Å². The van der Waals surface area contributed by atoms with Crippen LogP contribution in [0.2, 0.25) is 0 Å². The molecule has 0 atom stereocenters. The molecule has 1 amide bonds. The van der Waals surface area contributed by atoms with Gasteiger partial charge in [0.25, 0.3) is 0 Å². The minimum atomic E-state index is 0.204. The van der Waals surface area contributed by atoms with Gasteiger partial charge < -0.3 is 4.90 Å². The van der Waals surface area contributed by atoms with Gasteiger partial charge in [0, 0.05) is 19.5 Å². The third-order valence-electron chi connectivity index (χ3n) is 1.66. The van der Waals surface area contributed by atoms with Crippen molar-refractivity contribution in [1.29, 1.82) is 5.26 Å². The Bertz CT molecular complexity index is 171. The van der Waals surface area contributed by atoms with E-state index < -0.39 is 0 Å². The summed E-state index contributed by atoms with van der Waals surface area (Å²) >= 11 is 0. The Hall–Kier alpha value is -1.04. The van der Waals surface area contributed by atoms with Crippen LogP contribution in [0.3, 0.4) is 0 Å². The highest BCUT2D eigenvalue weighted by molar-refractivity contribution is 5.78. The SMILES string of the molecule is N#CCCN1CCCC1=O. The van der Waals surface area contributed by atoms with Gasteiger partial charge in [-0.15, -0.1) is 0 Å². The van der Waals surface area contributed by atoms with E-state index in [4.69, 9.17) is 5.26 Å². The fourth-order valence-electron chi connectivity index (χ4n) is 1.13. The Labute approximate surface area is 60.2 Å². The van der Waals surface area contributed by atoms with Crippen LogP contribution >= 0.6 is 0 Å². The topological polar surface area (TPSA) is 44.1 Å². The van der Waals surface area contributed by atoms with Gasteiger partial charge in [0.05, 0.1) is 12.5 Å². The molecule has 0 aromatic rings. The van der Waals surface area contributed by atoms with Gasteiger partial charge in [-0.3, -0.25) is 4.79 Å².